The second kappa shape index (κ2) is 18.0. The van der Waals surface area contributed by atoms with Gasteiger partial charge in [0.1, 0.15) is 0 Å². The van der Waals surface area contributed by atoms with Crippen LogP contribution < -0.4 is 0 Å². The molecule has 0 aliphatic carbocycles. The Morgan fingerprint density at radius 2 is 1.18 bits per heavy atom. The molecular formula is C22H36O6. The van der Waals surface area contributed by atoms with Crippen LogP contribution >= 0.6 is 0 Å². The lowest BCUT2D eigenvalue weighted by atomic mass is 10.1. The Morgan fingerprint density at radius 1 is 0.714 bits per heavy atom. The summed E-state index contributed by atoms with van der Waals surface area (Å²) in [6.45, 7) is 16.0. The Hall–Kier alpha value is -2.37. The molecule has 0 aliphatic rings. The molecule has 0 amide bonds. The summed E-state index contributed by atoms with van der Waals surface area (Å²) in [5.74, 6) is -2.07. The van der Waals surface area contributed by atoms with Crippen LogP contribution in [-0.4, -0.2) is 31.6 Å². The zero-order chi connectivity index (χ0) is 21.9. The first-order valence-corrected chi connectivity index (χ1v) is 9.64. The minimum atomic E-state index is -0.774. The first-order chi connectivity index (χ1) is 13.2. The van der Waals surface area contributed by atoms with E-state index in [0.29, 0.717) is 12.2 Å². The topological polar surface area (TPSA) is 78.9 Å². The maximum atomic E-state index is 11.0. The van der Waals surface area contributed by atoms with E-state index in [9.17, 15) is 14.4 Å². The van der Waals surface area contributed by atoms with E-state index in [-0.39, 0.29) is 17.3 Å². The zero-order valence-electron chi connectivity index (χ0n) is 17.9. The normalized spacial score (nSPS) is 9.43. The summed E-state index contributed by atoms with van der Waals surface area (Å²) >= 11 is 0. The molecule has 0 spiro atoms. The number of ether oxygens (including phenoxy) is 3. The number of unbranched alkanes of at least 4 members (excludes halogenated alkanes) is 7. The maximum Gasteiger partial charge on any atom is 0.373 e. The molecule has 0 rings (SSSR count). The Balaban J connectivity index is 0. The molecule has 0 aliphatic heterocycles. The summed E-state index contributed by atoms with van der Waals surface area (Å²) in [4.78, 5) is 32.5. The lowest BCUT2D eigenvalue weighted by molar-refractivity contribution is -0.147. The van der Waals surface area contributed by atoms with E-state index in [0.717, 1.165) is 12.8 Å². The number of hydrogen-bond acceptors (Lipinski definition) is 6. The predicted molar refractivity (Wildman–Crippen MR) is 110 cm³/mol. The van der Waals surface area contributed by atoms with Crippen LogP contribution in [0.2, 0.25) is 0 Å². The molecule has 0 aromatic carbocycles. The minimum absolute atomic E-state index is 0.194. The van der Waals surface area contributed by atoms with Gasteiger partial charge in [-0.05, 0) is 26.8 Å². The first kappa shape index (κ1) is 27.8. The SMILES string of the molecule is C=C(C)C(=O)OC(=C)C(=O)OC.C=C(C)C(=O)OCCCCCCCCCC. The lowest BCUT2D eigenvalue weighted by Gasteiger charge is -2.04. The molecule has 0 saturated carbocycles. The fourth-order valence-corrected chi connectivity index (χ4v) is 1.88. The van der Waals surface area contributed by atoms with Crippen LogP contribution in [0.1, 0.15) is 72.1 Å². The fraction of sp³-hybridized carbons (Fsp3) is 0.591. The number of hydrogen-bond donors (Lipinski definition) is 0. The molecule has 0 saturated heterocycles. The highest BCUT2D eigenvalue weighted by molar-refractivity contribution is 5.93. The predicted octanol–water partition coefficient (Wildman–Crippen LogP) is 5.04. The molecule has 0 aromatic rings. The average molecular weight is 397 g/mol. The molecule has 0 aromatic heterocycles. The number of carbonyl (C=O) groups excluding carboxylic acids is 3. The summed E-state index contributed by atoms with van der Waals surface area (Å²) < 4.78 is 13.7. The second-order valence-electron chi connectivity index (χ2n) is 6.48. The highest BCUT2D eigenvalue weighted by Crippen LogP contribution is 2.08. The molecule has 0 fully saturated rings. The highest BCUT2D eigenvalue weighted by Gasteiger charge is 2.13. The van der Waals surface area contributed by atoms with Crippen molar-refractivity contribution in [2.45, 2.75) is 72.1 Å². The van der Waals surface area contributed by atoms with Gasteiger partial charge in [0.15, 0.2) is 0 Å². The van der Waals surface area contributed by atoms with Crippen molar-refractivity contribution in [2.24, 2.45) is 0 Å². The second-order valence-corrected chi connectivity index (χ2v) is 6.48. The molecule has 28 heavy (non-hydrogen) atoms. The van der Waals surface area contributed by atoms with Crippen molar-refractivity contribution in [1.82, 2.24) is 0 Å². The van der Waals surface area contributed by atoms with Gasteiger partial charge >= 0.3 is 17.9 Å². The van der Waals surface area contributed by atoms with Crippen molar-refractivity contribution in [1.29, 1.82) is 0 Å². The van der Waals surface area contributed by atoms with Crippen LogP contribution in [0.4, 0.5) is 0 Å². The van der Waals surface area contributed by atoms with E-state index in [1.54, 1.807) is 6.92 Å². The van der Waals surface area contributed by atoms with E-state index in [4.69, 9.17) is 4.74 Å². The molecule has 6 heteroatoms. The largest absolute Gasteiger partial charge is 0.463 e. The Bertz CT molecular complexity index is 533. The first-order valence-electron chi connectivity index (χ1n) is 9.64. The Kier molecular flexibility index (Phi) is 17.9. The lowest BCUT2D eigenvalue weighted by Crippen LogP contribution is -2.12. The molecular weight excluding hydrogens is 360 g/mol. The smallest absolute Gasteiger partial charge is 0.373 e. The average Bonchev–Trinajstić information content (AvgIpc) is 2.65. The Labute approximate surface area is 169 Å². The summed E-state index contributed by atoms with van der Waals surface area (Å²) in [7, 11) is 1.17. The van der Waals surface area contributed by atoms with E-state index in [2.05, 4.69) is 36.1 Å². The van der Waals surface area contributed by atoms with E-state index in [1.807, 2.05) is 0 Å². The molecule has 160 valence electrons. The van der Waals surface area contributed by atoms with Crippen molar-refractivity contribution in [2.75, 3.05) is 13.7 Å². The standard InChI is InChI=1S/C14H26O2.C8H10O4/c1-4-5-6-7-8-9-10-11-12-16-14(15)13(2)3;1-5(2)7(9)12-6(3)8(10)11-4/h2,4-12H2,1,3H3;1,3H2,2,4H3. The van der Waals surface area contributed by atoms with Crippen LogP contribution in [-0.2, 0) is 28.6 Å². The third-order valence-corrected chi connectivity index (χ3v) is 3.56. The number of rotatable bonds is 13. The molecule has 0 heterocycles. The van der Waals surface area contributed by atoms with Gasteiger partial charge in [-0.2, -0.15) is 0 Å². The van der Waals surface area contributed by atoms with Crippen LogP contribution in [0.25, 0.3) is 0 Å². The number of esters is 3. The van der Waals surface area contributed by atoms with Crippen LogP contribution in [0.3, 0.4) is 0 Å². The summed E-state index contributed by atoms with van der Waals surface area (Å²) in [5.41, 5.74) is 0.680. The molecule has 0 radical (unpaired) electrons. The van der Waals surface area contributed by atoms with Crippen molar-refractivity contribution in [3.63, 3.8) is 0 Å². The van der Waals surface area contributed by atoms with Gasteiger partial charge in [-0.25, -0.2) is 14.4 Å². The van der Waals surface area contributed by atoms with Gasteiger partial charge < -0.3 is 14.2 Å². The summed E-state index contributed by atoms with van der Waals surface area (Å²) in [5, 5.41) is 0. The van der Waals surface area contributed by atoms with Crippen LogP contribution in [0.5, 0.6) is 0 Å². The highest BCUT2D eigenvalue weighted by atomic mass is 16.6. The van der Waals surface area contributed by atoms with Crippen molar-refractivity contribution >= 4 is 17.9 Å². The molecule has 6 nitrogen and oxygen atoms in total. The third kappa shape index (κ3) is 17.1. The molecule has 0 N–H and O–H groups in total. The van der Waals surface area contributed by atoms with E-state index < -0.39 is 11.9 Å². The van der Waals surface area contributed by atoms with Crippen LogP contribution in [0, 0.1) is 0 Å². The quantitative estimate of drug-likeness (QED) is 0.143. The van der Waals surface area contributed by atoms with Gasteiger partial charge in [-0.1, -0.05) is 65.0 Å². The van der Waals surface area contributed by atoms with Gasteiger partial charge in [0.2, 0.25) is 5.76 Å². The van der Waals surface area contributed by atoms with Crippen molar-refractivity contribution < 1.29 is 28.6 Å². The van der Waals surface area contributed by atoms with Gasteiger partial charge in [0.25, 0.3) is 0 Å². The van der Waals surface area contributed by atoms with Gasteiger partial charge in [0, 0.05) is 11.1 Å². The number of methoxy groups -OCH3 is 1. The van der Waals surface area contributed by atoms with E-state index >= 15 is 0 Å². The van der Waals surface area contributed by atoms with Gasteiger partial charge in [-0.15, -0.1) is 0 Å². The van der Waals surface area contributed by atoms with Gasteiger partial charge in [0.05, 0.1) is 13.7 Å². The number of carbonyl (C=O) groups is 3. The van der Waals surface area contributed by atoms with Crippen molar-refractivity contribution in [3.05, 3.63) is 36.6 Å². The fourth-order valence-electron chi connectivity index (χ4n) is 1.88. The van der Waals surface area contributed by atoms with E-state index in [1.165, 1.54) is 52.6 Å². The summed E-state index contributed by atoms with van der Waals surface area (Å²) in [6.07, 6.45) is 10.1. The van der Waals surface area contributed by atoms with Gasteiger partial charge in [-0.3, -0.25) is 0 Å². The van der Waals surface area contributed by atoms with Crippen LogP contribution in [0.15, 0.2) is 36.6 Å². The zero-order valence-corrected chi connectivity index (χ0v) is 17.9. The summed E-state index contributed by atoms with van der Waals surface area (Å²) in [6, 6.07) is 0. The Morgan fingerprint density at radius 3 is 1.61 bits per heavy atom. The monoisotopic (exact) mass is 396 g/mol. The maximum absolute atomic E-state index is 11.0. The third-order valence-electron chi connectivity index (χ3n) is 3.56. The molecule has 0 atom stereocenters. The minimum Gasteiger partial charge on any atom is -0.463 e. The molecule has 0 bridgehead atoms. The molecule has 0 unspecified atom stereocenters. The van der Waals surface area contributed by atoms with Crippen molar-refractivity contribution in [3.8, 4) is 0 Å².